The van der Waals surface area contributed by atoms with E-state index in [-0.39, 0.29) is 27.9 Å². The molecular weight excluding hydrogens is 385 g/mol. The van der Waals surface area contributed by atoms with E-state index >= 15 is 0 Å². The second-order valence-corrected chi connectivity index (χ2v) is 7.42. The maximum absolute atomic E-state index is 13.8. The number of carbonyl (C=O) groups is 1. The summed E-state index contributed by atoms with van der Waals surface area (Å²) in [6.07, 6.45) is 0. The van der Waals surface area contributed by atoms with Crippen LogP contribution in [0.3, 0.4) is 0 Å². The van der Waals surface area contributed by atoms with Gasteiger partial charge in [0.25, 0.3) is 11.5 Å². The van der Waals surface area contributed by atoms with Crippen LogP contribution in [0.2, 0.25) is 0 Å². The highest BCUT2D eigenvalue weighted by Crippen LogP contribution is 2.22. The fraction of sp³-hybridized carbons (Fsp3) is 0.273. The van der Waals surface area contributed by atoms with Gasteiger partial charge in [-0.25, -0.2) is 9.07 Å². The summed E-state index contributed by atoms with van der Waals surface area (Å²) in [5.41, 5.74) is 2.25. The molecule has 8 heteroatoms. The van der Waals surface area contributed by atoms with Gasteiger partial charge in [-0.1, -0.05) is 0 Å². The number of benzene rings is 2. The number of amides is 1. The molecule has 1 aliphatic heterocycles. The molecule has 3 aromatic rings. The number of nitriles is 1. The smallest absolute Gasteiger partial charge is 0.275 e. The monoisotopic (exact) mass is 405 g/mol. The minimum absolute atomic E-state index is 0.0716. The molecule has 2 heterocycles. The van der Waals surface area contributed by atoms with Crippen LogP contribution in [-0.2, 0) is 7.05 Å². The summed E-state index contributed by atoms with van der Waals surface area (Å²) in [6, 6.07) is 11.6. The van der Waals surface area contributed by atoms with Crippen molar-refractivity contribution in [2.75, 3.05) is 31.1 Å². The molecule has 0 bridgehead atoms. The van der Waals surface area contributed by atoms with Crippen LogP contribution in [0.5, 0.6) is 0 Å². The van der Waals surface area contributed by atoms with Crippen molar-refractivity contribution in [3.05, 3.63) is 69.4 Å². The van der Waals surface area contributed by atoms with E-state index in [0.717, 1.165) is 15.9 Å². The van der Waals surface area contributed by atoms with Crippen molar-refractivity contribution in [2.45, 2.75) is 6.92 Å². The van der Waals surface area contributed by atoms with Gasteiger partial charge in [-0.05, 0) is 48.9 Å². The summed E-state index contributed by atoms with van der Waals surface area (Å²) in [5, 5.41) is 13.8. The second-order valence-electron chi connectivity index (χ2n) is 7.42. The number of hydrogen-bond donors (Lipinski definition) is 0. The first-order valence-electron chi connectivity index (χ1n) is 9.60. The lowest BCUT2D eigenvalue weighted by molar-refractivity contribution is 0.0740. The van der Waals surface area contributed by atoms with E-state index in [9.17, 15) is 19.2 Å². The largest absolute Gasteiger partial charge is 0.368 e. The molecule has 0 radical (unpaired) electrons. The Morgan fingerprint density at radius 3 is 2.53 bits per heavy atom. The minimum Gasteiger partial charge on any atom is -0.368 e. The quantitative estimate of drug-likeness (QED) is 0.653. The highest BCUT2D eigenvalue weighted by atomic mass is 19.1. The molecule has 152 valence electrons. The average Bonchev–Trinajstić information content (AvgIpc) is 2.75. The molecule has 0 spiro atoms. The van der Waals surface area contributed by atoms with E-state index in [1.54, 1.807) is 4.90 Å². The van der Waals surface area contributed by atoms with Crippen LogP contribution in [0.25, 0.3) is 10.8 Å². The molecule has 0 atom stereocenters. The number of aryl methyl sites for hydroxylation is 2. The van der Waals surface area contributed by atoms with Gasteiger partial charge in [0, 0.05) is 44.3 Å². The van der Waals surface area contributed by atoms with Crippen LogP contribution in [0, 0.1) is 24.1 Å². The summed E-state index contributed by atoms with van der Waals surface area (Å²) >= 11 is 0. The first-order chi connectivity index (χ1) is 14.4. The average molecular weight is 405 g/mol. The molecule has 0 aliphatic carbocycles. The molecule has 1 fully saturated rings. The molecule has 4 rings (SSSR count). The van der Waals surface area contributed by atoms with Crippen LogP contribution >= 0.6 is 0 Å². The fourth-order valence-corrected chi connectivity index (χ4v) is 3.81. The zero-order chi connectivity index (χ0) is 21.4. The summed E-state index contributed by atoms with van der Waals surface area (Å²) < 4.78 is 14.9. The number of piperazine rings is 1. The molecule has 1 aromatic heterocycles. The Balaban J connectivity index is 1.59. The highest BCUT2D eigenvalue weighted by molar-refractivity contribution is 6.04. The van der Waals surface area contributed by atoms with E-state index in [1.165, 1.54) is 25.2 Å². The normalized spacial score (nSPS) is 14.1. The molecule has 2 aromatic carbocycles. The van der Waals surface area contributed by atoms with E-state index in [1.807, 2.05) is 25.1 Å². The minimum atomic E-state index is -0.524. The third-order valence-corrected chi connectivity index (χ3v) is 5.34. The number of halogens is 1. The summed E-state index contributed by atoms with van der Waals surface area (Å²) in [4.78, 5) is 29.2. The van der Waals surface area contributed by atoms with Gasteiger partial charge in [-0.2, -0.15) is 10.4 Å². The van der Waals surface area contributed by atoms with Gasteiger partial charge in [0.1, 0.15) is 5.82 Å². The van der Waals surface area contributed by atoms with Crippen molar-refractivity contribution in [3.63, 3.8) is 0 Å². The molecule has 30 heavy (non-hydrogen) atoms. The van der Waals surface area contributed by atoms with Crippen molar-refractivity contribution in [1.29, 1.82) is 5.26 Å². The summed E-state index contributed by atoms with van der Waals surface area (Å²) in [7, 11) is 1.48. The zero-order valence-corrected chi connectivity index (χ0v) is 16.7. The van der Waals surface area contributed by atoms with Gasteiger partial charge in [0.2, 0.25) is 0 Å². The number of hydrogen-bond acceptors (Lipinski definition) is 5. The third-order valence-electron chi connectivity index (χ3n) is 5.34. The van der Waals surface area contributed by atoms with E-state index in [0.29, 0.717) is 31.7 Å². The van der Waals surface area contributed by atoms with Crippen molar-refractivity contribution < 1.29 is 9.18 Å². The fourth-order valence-electron chi connectivity index (χ4n) is 3.81. The van der Waals surface area contributed by atoms with E-state index in [4.69, 9.17) is 0 Å². The molecule has 7 nitrogen and oxygen atoms in total. The molecule has 1 amide bonds. The molecule has 1 saturated heterocycles. The SMILES string of the molecule is Cc1cc(C#N)cc(N2CCN(C(=O)c3nn(C)c(=O)c4ccc(F)cc34)CC2)c1. The number of rotatable bonds is 2. The third kappa shape index (κ3) is 3.50. The Morgan fingerprint density at radius 2 is 1.83 bits per heavy atom. The molecular formula is C22H20FN5O2. The van der Waals surface area contributed by atoms with Crippen molar-refractivity contribution >= 4 is 22.4 Å². The molecule has 0 N–H and O–H groups in total. The van der Waals surface area contributed by atoms with Crippen LogP contribution < -0.4 is 10.5 Å². The Hall–Kier alpha value is -3.73. The van der Waals surface area contributed by atoms with Crippen LogP contribution in [-0.4, -0.2) is 46.8 Å². The number of nitrogens with zero attached hydrogens (tertiary/aromatic N) is 5. The first-order valence-corrected chi connectivity index (χ1v) is 9.60. The lowest BCUT2D eigenvalue weighted by atomic mass is 10.1. The Bertz CT molecular complexity index is 1250. The van der Waals surface area contributed by atoms with Crippen molar-refractivity contribution in [2.24, 2.45) is 7.05 Å². The predicted molar refractivity (Wildman–Crippen MR) is 111 cm³/mol. The van der Waals surface area contributed by atoms with Gasteiger partial charge in [-0.3, -0.25) is 9.59 Å². The Morgan fingerprint density at radius 1 is 1.10 bits per heavy atom. The Kier molecular flexibility index (Phi) is 4.96. The number of fused-ring (bicyclic) bond motifs is 1. The maximum Gasteiger partial charge on any atom is 0.275 e. The van der Waals surface area contributed by atoms with E-state index in [2.05, 4.69) is 16.1 Å². The standard InChI is InChI=1S/C22H20FN5O2/c1-14-9-15(13-24)11-17(10-14)27-5-7-28(8-6-27)22(30)20-19-12-16(23)3-4-18(19)21(29)26(2)25-20/h3-4,9-12H,5-8H2,1-2H3. The summed E-state index contributed by atoms with van der Waals surface area (Å²) in [6.45, 7) is 4.04. The first kappa shape index (κ1) is 19.6. The van der Waals surface area contributed by atoms with Gasteiger partial charge in [0.05, 0.1) is 17.0 Å². The second kappa shape index (κ2) is 7.59. The lowest BCUT2D eigenvalue weighted by Gasteiger charge is -2.36. The summed E-state index contributed by atoms with van der Waals surface area (Å²) in [5.74, 6) is -0.855. The topological polar surface area (TPSA) is 82.2 Å². The van der Waals surface area contributed by atoms with E-state index < -0.39 is 5.82 Å². The highest BCUT2D eigenvalue weighted by Gasteiger charge is 2.26. The number of carbonyl (C=O) groups excluding carboxylic acids is 1. The molecule has 0 unspecified atom stereocenters. The van der Waals surface area contributed by atoms with Crippen molar-refractivity contribution in [3.8, 4) is 6.07 Å². The number of aromatic nitrogens is 2. The molecule has 0 saturated carbocycles. The predicted octanol–water partition coefficient (Wildman–Crippen LogP) is 2.22. The van der Waals surface area contributed by atoms with Crippen LogP contribution in [0.1, 0.15) is 21.6 Å². The van der Waals surface area contributed by atoms with Gasteiger partial charge in [-0.15, -0.1) is 0 Å². The zero-order valence-electron chi connectivity index (χ0n) is 16.7. The maximum atomic E-state index is 13.8. The van der Waals surface area contributed by atoms with Crippen LogP contribution in [0.15, 0.2) is 41.2 Å². The molecule has 1 aliphatic rings. The van der Waals surface area contributed by atoms with Gasteiger partial charge < -0.3 is 9.80 Å². The van der Waals surface area contributed by atoms with Gasteiger partial charge >= 0.3 is 0 Å². The number of anilines is 1. The lowest BCUT2D eigenvalue weighted by Crippen LogP contribution is -2.49. The Labute approximate surface area is 172 Å². The van der Waals surface area contributed by atoms with Crippen LogP contribution in [0.4, 0.5) is 10.1 Å². The van der Waals surface area contributed by atoms with Crippen molar-refractivity contribution in [1.82, 2.24) is 14.7 Å². The van der Waals surface area contributed by atoms with Gasteiger partial charge in [0.15, 0.2) is 5.69 Å².